The van der Waals surface area contributed by atoms with Gasteiger partial charge in [0.1, 0.15) is 52.8 Å². The molecule has 3 amide bonds. The second-order valence-corrected chi connectivity index (χ2v) is 37.7. The van der Waals surface area contributed by atoms with Crippen LogP contribution in [0.1, 0.15) is 90.8 Å². The summed E-state index contributed by atoms with van der Waals surface area (Å²) in [5, 5.41) is 24.7. The minimum atomic E-state index is -3.66. The molecule has 13 rings (SSSR count). The van der Waals surface area contributed by atoms with Crippen molar-refractivity contribution in [1.29, 1.82) is 0 Å². The molecule has 3 N–H and O–H groups in total. The molecule has 544 valence electrons. The Kier molecular flexibility index (Phi) is 20.9. The van der Waals surface area contributed by atoms with Gasteiger partial charge in [-0.2, -0.15) is 0 Å². The van der Waals surface area contributed by atoms with Crippen LogP contribution < -0.4 is 41.6 Å². The Morgan fingerprint density at radius 2 is 0.865 bits per heavy atom. The Bertz CT molecular complexity index is 5360. The van der Waals surface area contributed by atoms with Gasteiger partial charge in [-0.15, -0.1) is 0 Å². The van der Waals surface area contributed by atoms with Crippen LogP contribution in [-0.4, -0.2) is 140 Å². The van der Waals surface area contributed by atoms with Crippen LogP contribution in [0.4, 0.5) is 17.1 Å². The third-order valence-corrected chi connectivity index (χ3v) is 26.8. The number of aromatic nitrogens is 3. The van der Waals surface area contributed by atoms with Gasteiger partial charge in [0.05, 0.1) is 66.7 Å². The molecule has 0 unspecified atom stereocenters. The monoisotopic (exact) mass is 1490 g/mol. The molecule has 0 fully saturated rings. The molecule has 0 atom stereocenters. The van der Waals surface area contributed by atoms with E-state index in [-0.39, 0.29) is 78.8 Å². The first-order chi connectivity index (χ1) is 49.1. The van der Waals surface area contributed by atoms with E-state index >= 15 is 0 Å². The summed E-state index contributed by atoms with van der Waals surface area (Å²) in [6, 6.07) is 39.6. The largest absolute Gasteiger partial charge is 0.544 e. The number of aromatic hydroxyl groups is 2. The molecular weight excluding hydrogens is 1410 g/mol. The zero-order valence-corrected chi connectivity index (χ0v) is 63.2. The molecule has 0 radical (unpaired) electrons. The third kappa shape index (κ3) is 15.2. The highest BCUT2D eigenvalue weighted by Gasteiger charge is 2.42. The highest BCUT2D eigenvalue weighted by atomic mass is 32.2. The van der Waals surface area contributed by atoms with Crippen LogP contribution in [0, 0.1) is 0 Å². The summed E-state index contributed by atoms with van der Waals surface area (Å²) in [4.78, 5) is 56.3. The molecule has 7 aromatic carbocycles. The highest BCUT2D eigenvalue weighted by molar-refractivity contribution is 7.92. The maximum absolute atomic E-state index is 14.2. The first-order valence-electron chi connectivity index (χ1n) is 32.9. The van der Waals surface area contributed by atoms with Gasteiger partial charge < -0.3 is 48.7 Å². The molecule has 29 heteroatoms. The zero-order chi connectivity index (χ0) is 75.1. The molecule has 0 saturated heterocycles. The van der Waals surface area contributed by atoms with Crippen molar-refractivity contribution in [3.05, 3.63) is 208 Å². The molecular formula is C75H81N9O16S3Si. The lowest BCUT2D eigenvalue weighted by molar-refractivity contribution is 0.0756. The lowest BCUT2D eigenvalue weighted by atomic mass is 10.0. The number of fused-ring (bicyclic) bond motifs is 6. The van der Waals surface area contributed by atoms with E-state index in [9.17, 15) is 49.9 Å². The molecule has 25 nitrogen and oxygen atoms in total. The van der Waals surface area contributed by atoms with Gasteiger partial charge in [0, 0.05) is 105 Å². The second-order valence-electron chi connectivity index (χ2n) is 27.0. The minimum absolute atomic E-state index is 0.0699. The van der Waals surface area contributed by atoms with E-state index in [0.717, 1.165) is 62.6 Å². The van der Waals surface area contributed by atoms with Crippen LogP contribution in [0.15, 0.2) is 152 Å². The average Bonchev–Trinajstić information content (AvgIpc) is 1.50. The molecule has 3 aliphatic rings. The maximum Gasteiger partial charge on any atom is 0.258 e. The number of ether oxygens (including phenoxy) is 4. The number of benzene rings is 7. The number of carbonyl (C=O) groups is 3. The van der Waals surface area contributed by atoms with Gasteiger partial charge in [-0.25, -0.2) is 25.3 Å². The van der Waals surface area contributed by atoms with Crippen molar-refractivity contribution in [2.75, 3.05) is 67.0 Å². The van der Waals surface area contributed by atoms with Gasteiger partial charge in [-0.1, -0.05) is 69.3 Å². The van der Waals surface area contributed by atoms with E-state index in [0.29, 0.717) is 90.1 Å². The predicted octanol–water partition coefficient (Wildman–Crippen LogP) is 11.4. The van der Waals surface area contributed by atoms with E-state index < -0.39 is 44.3 Å². The molecule has 10 aromatic rings. The second kappa shape index (κ2) is 29.2. The topological polar surface area (TPSA) is 307 Å². The summed E-state index contributed by atoms with van der Waals surface area (Å²) in [7, 11) is -5.22. The number of anilines is 3. The van der Waals surface area contributed by atoms with Crippen molar-refractivity contribution >= 4 is 106 Å². The Morgan fingerprint density at radius 1 is 0.500 bits per heavy atom. The SMILES string of the molecule is CN(c1c2c(c(O)c3ncccc13)C(=O)N(Cc1ccc(O)cc1)C2)S(C)(=O)=O.COc1ccc(COc2c3c(c(N(C)S(C)(=O)=O)c4cccnc24)CN(Cc2ccc(O[Si](C)(C)C(C)(C)C)cc2)C3=O)cc1.COc1ccc(COc2c3c(c(N(C)S(C)(=O)=O)c4cccnc24)CNC3=O)cc1. The van der Waals surface area contributed by atoms with Gasteiger partial charge >= 0.3 is 0 Å². The Balaban J connectivity index is 0.000000162. The van der Waals surface area contributed by atoms with Gasteiger partial charge in [-0.3, -0.25) is 42.3 Å². The molecule has 0 aliphatic carbocycles. The van der Waals surface area contributed by atoms with Crippen LogP contribution in [0.25, 0.3) is 32.7 Å². The van der Waals surface area contributed by atoms with E-state index in [1.165, 1.54) is 53.0 Å². The quantitative estimate of drug-likeness (QED) is 0.0597. The van der Waals surface area contributed by atoms with Gasteiger partial charge in [-0.05, 0) is 125 Å². The Morgan fingerprint density at radius 3 is 1.29 bits per heavy atom. The number of carbonyl (C=O) groups excluding carboxylic acids is 3. The summed E-state index contributed by atoms with van der Waals surface area (Å²) in [6.45, 7) is 12.6. The van der Waals surface area contributed by atoms with Crippen molar-refractivity contribution < 1.29 is 73.2 Å². The number of phenols is 2. The molecule has 3 aliphatic heterocycles. The first-order valence-corrected chi connectivity index (χ1v) is 41.3. The van der Waals surface area contributed by atoms with Crippen LogP contribution in [-0.2, 0) is 76.0 Å². The number of phenolic OH excluding ortho intramolecular Hbond substituents is 2. The number of nitrogens with zero attached hydrogens (tertiary/aromatic N) is 8. The molecule has 104 heavy (non-hydrogen) atoms. The van der Waals surface area contributed by atoms with Crippen LogP contribution in [0.3, 0.4) is 0 Å². The smallest absolute Gasteiger partial charge is 0.258 e. The number of hydrogen-bond donors (Lipinski definition) is 3. The van der Waals surface area contributed by atoms with Crippen LogP contribution in [0.2, 0.25) is 18.1 Å². The van der Waals surface area contributed by atoms with Crippen molar-refractivity contribution in [2.24, 2.45) is 0 Å². The highest BCUT2D eigenvalue weighted by Crippen LogP contribution is 2.48. The van der Waals surface area contributed by atoms with E-state index in [1.807, 2.05) is 78.9 Å². The van der Waals surface area contributed by atoms with Gasteiger partial charge in [0.25, 0.3) is 17.7 Å². The number of methoxy groups -OCH3 is 2. The van der Waals surface area contributed by atoms with Crippen molar-refractivity contribution in [3.63, 3.8) is 0 Å². The number of amides is 3. The fraction of sp³-hybridized carbons (Fsp3) is 0.280. The number of nitrogens with one attached hydrogen (secondary N) is 1. The molecule has 0 bridgehead atoms. The van der Waals surface area contributed by atoms with Gasteiger partial charge in [0.2, 0.25) is 38.4 Å². The fourth-order valence-electron chi connectivity index (χ4n) is 12.3. The number of rotatable bonds is 20. The normalized spacial score (nSPS) is 13.5. The maximum atomic E-state index is 14.2. The van der Waals surface area contributed by atoms with E-state index in [2.05, 4.69) is 54.1 Å². The molecule has 0 saturated carbocycles. The summed E-state index contributed by atoms with van der Waals surface area (Å²) in [5.74, 6) is 1.87. The molecule has 6 heterocycles. The standard InChI is InChI=1S/C34H41N3O6SSi.C21H21N3O5S.C20H19N3O5S/c1-34(2,3)45(7,8)43-26-17-11-23(12-18-26)20-37-21-28-29(33(37)38)32(42-22-24-13-15-25(41-5)16-14-24)30-27(10-9-19-35-30)31(28)36(4)44(6,39)40;1-24(30(3,26)27)19-15-5-4-10-22-18(15)20(17-16(19)11-23-21(17)25)29-12-13-6-8-14(28-2)9-7-13;1-22(29(2,27)28)18-14-4-3-9-21-17(14)19(25)16-15(18)11-23(20(16)26)10-12-5-7-13(24)8-6-12/h9-19H,20-22H2,1-8H3;4-10H,11-12H2,1-3H3,(H,23,25);3-9,24-25H,10-11H2,1-2H3. The average molecular weight is 1490 g/mol. The Hall–Kier alpha value is -10.8. The van der Waals surface area contributed by atoms with E-state index in [1.54, 1.807) is 74.0 Å². The predicted molar refractivity (Wildman–Crippen MR) is 402 cm³/mol. The van der Waals surface area contributed by atoms with Gasteiger partial charge in [0.15, 0.2) is 17.2 Å². The van der Waals surface area contributed by atoms with Crippen LogP contribution >= 0.6 is 0 Å². The Labute approximate surface area is 605 Å². The lowest BCUT2D eigenvalue weighted by Crippen LogP contribution is -2.43. The van der Waals surface area contributed by atoms with Crippen molar-refractivity contribution in [1.82, 2.24) is 30.1 Å². The summed E-state index contributed by atoms with van der Waals surface area (Å²) < 4.78 is 108. The molecule has 3 aromatic heterocycles. The first kappa shape index (κ1) is 74.4. The summed E-state index contributed by atoms with van der Waals surface area (Å²) in [5.41, 5.74) is 8.09. The third-order valence-electron chi connectivity index (χ3n) is 19.0. The zero-order valence-electron chi connectivity index (χ0n) is 59.8. The number of sulfonamides is 3. The molecule has 0 spiro atoms. The number of hydrogen-bond acceptors (Lipinski definition) is 19. The fourth-order valence-corrected chi connectivity index (χ4v) is 14.9. The van der Waals surface area contributed by atoms with E-state index in [4.69, 9.17) is 23.4 Å². The van der Waals surface area contributed by atoms with Crippen LogP contribution in [0.5, 0.6) is 40.2 Å². The van der Waals surface area contributed by atoms with Crippen molar-refractivity contribution in [3.8, 4) is 40.2 Å². The van der Waals surface area contributed by atoms with Crippen molar-refractivity contribution in [2.45, 2.75) is 84.8 Å². The summed E-state index contributed by atoms with van der Waals surface area (Å²) in [6.07, 6.45) is 8.04. The lowest BCUT2D eigenvalue weighted by Gasteiger charge is -2.36. The minimum Gasteiger partial charge on any atom is -0.544 e. The number of pyridine rings is 3. The summed E-state index contributed by atoms with van der Waals surface area (Å²) >= 11 is 0.